The van der Waals surface area contributed by atoms with E-state index in [1.54, 1.807) is 18.2 Å². The number of carboxylic acids is 1. The van der Waals surface area contributed by atoms with Crippen LogP contribution in [0, 0.1) is 11.3 Å². The van der Waals surface area contributed by atoms with E-state index in [1.165, 1.54) is 18.2 Å². The Bertz CT molecular complexity index is 723. The summed E-state index contributed by atoms with van der Waals surface area (Å²) in [5.74, 6) is -0.656. The lowest BCUT2D eigenvalue weighted by atomic mass is 10.2. The Hall–Kier alpha value is -2.22. The van der Waals surface area contributed by atoms with Gasteiger partial charge >= 0.3 is 5.97 Å². The van der Waals surface area contributed by atoms with Crippen molar-refractivity contribution in [3.8, 4) is 17.6 Å². The van der Waals surface area contributed by atoms with Gasteiger partial charge in [-0.25, -0.2) is 4.79 Å². The fourth-order valence-electron chi connectivity index (χ4n) is 1.56. The number of halogens is 2. The number of carbonyl (C=O) groups is 1. The Labute approximate surface area is 124 Å². The molecule has 0 saturated heterocycles. The molecule has 1 N–H and O–H groups in total. The Kier molecular flexibility index (Phi) is 4.14. The number of rotatable bonds is 3. The van der Waals surface area contributed by atoms with E-state index >= 15 is 0 Å². The van der Waals surface area contributed by atoms with Crippen LogP contribution in [-0.4, -0.2) is 11.1 Å². The standard InChI is InChI=1S/C14H7Cl2NO3/c15-11-2-1-3-13(10(11)7-17)20-8-4-5-12(16)9(6-8)14(18)19/h1-6H,(H,18,19). The van der Waals surface area contributed by atoms with E-state index in [1.807, 2.05) is 6.07 Å². The first-order valence-electron chi connectivity index (χ1n) is 5.42. The molecule has 0 aliphatic carbocycles. The lowest BCUT2D eigenvalue weighted by Gasteiger charge is -2.09. The third kappa shape index (κ3) is 2.85. The Morgan fingerprint density at radius 3 is 2.60 bits per heavy atom. The van der Waals surface area contributed by atoms with E-state index in [0.717, 1.165) is 0 Å². The molecule has 0 amide bonds. The molecular weight excluding hydrogens is 301 g/mol. The normalized spacial score (nSPS) is 9.85. The first-order valence-corrected chi connectivity index (χ1v) is 6.18. The number of hydrogen-bond donors (Lipinski definition) is 1. The number of benzene rings is 2. The van der Waals surface area contributed by atoms with Crippen molar-refractivity contribution in [2.24, 2.45) is 0 Å². The van der Waals surface area contributed by atoms with Crippen LogP contribution in [0.4, 0.5) is 0 Å². The van der Waals surface area contributed by atoms with Gasteiger partial charge in [-0.15, -0.1) is 0 Å². The summed E-state index contributed by atoms with van der Waals surface area (Å²) in [6.45, 7) is 0. The molecule has 0 bridgehead atoms. The number of hydrogen-bond acceptors (Lipinski definition) is 3. The minimum Gasteiger partial charge on any atom is -0.478 e. The van der Waals surface area contributed by atoms with Crippen molar-refractivity contribution in [2.45, 2.75) is 0 Å². The molecule has 100 valence electrons. The molecule has 2 rings (SSSR count). The van der Waals surface area contributed by atoms with E-state index in [2.05, 4.69) is 0 Å². The van der Waals surface area contributed by atoms with Crippen molar-refractivity contribution in [2.75, 3.05) is 0 Å². The van der Waals surface area contributed by atoms with Crippen LogP contribution < -0.4 is 4.74 Å². The summed E-state index contributed by atoms with van der Waals surface area (Å²) in [7, 11) is 0. The number of nitriles is 1. The SMILES string of the molecule is N#Cc1c(Cl)cccc1Oc1ccc(Cl)c(C(=O)O)c1. The van der Waals surface area contributed by atoms with E-state index in [4.69, 9.17) is 38.3 Å². The first kappa shape index (κ1) is 14.2. The number of ether oxygens (including phenoxy) is 1. The second-order valence-corrected chi connectivity index (χ2v) is 4.59. The van der Waals surface area contributed by atoms with E-state index < -0.39 is 5.97 Å². The van der Waals surface area contributed by atoms with Crippen LogP contribution in [0.15, 0.2) is 36.4 Å². The fourth-order valence-corrected chi connectivity index (χ4v) is 1.96. The summed E-state index contributed by atoms with van der Waals surface area (Å²) in [5.41, 5.74) is 0.102. The smallest absolute Gasteiger partial charge is 0.337 e. The molecule has 0 aromatic heterocycles. The van der Waals surface area contributed by atoms with Crippen molar-refractivity contribution in [3.05, 3.63) is 57.6 Å². The summed E-state index contributed by atoms with van der Waals surface area (Å²) < 4.78 is 5.50. The molecule has 0 aliphatic rings. The molecule has 0 aliphatic heterocycles. The predicted molar refractivity (Wildman–Crippen MR) is 74.7 cm³/mol. The largest absolute Gasteiger partial charge is 0.478 e. The van der Waals surface area contributed by atoms with E-state index in [9.17, 15) is 4.79 Å². The maximum absolute atomic E-state index is 11.0. The highest BCUT2D eigenvalue weighted by molar-refractivity contribution is 6.33. The van der Waals surface area contributed by atoms with Gasteiger partial charge in [0, 0.05) is 0 Å². The molecule has 6 heteroatoms. The summed E-state index contributed by atoms with van der Waals surface area (Å²) in [6, 6.07) is 10.9. The Balaban J connectivity index is 2.41. The summed E-state index contributed by atoms with van der Waals surface area (Å²) in [4.78, 5) is 11.0. The average Bonchev–Trinajstić information content (AvgIpc) is 2.41. The molecule has 0 unspecified atom stereocenters. The number of aromatic carboxylic acids is 1. The molecule has 0 saturated carbocycles. The van der Waals surface area contributed by atoms with Gasteiger partial charge in [0.2, 0.25) is 0 Å². The Morgan fingerprint density at radius 2 is 1.95 bits per heavy atom. The molecule has 0 heterocycles. The molecule has 20 heavy (non-hydrogen) atoms. The molecule has 2 aromatic rings. The van der Waals surface area contributed by atoms with Crippen LogP contribution >= 0.6 is 23.2 Å². The minimum absolute atomic E-state index is 0.0790. The van der Waals surface area contributed by atoms with Gasteiger partial charge in [-0.1, -0.05) is 29.3 Å². The van der Waals surface area contributed by atoms with Crippen molar-refractivity contribution in [1.82, 2.24) is 0 Å². The van der Waals surface area contributed by atoms with E-state index in [-0.39, 0.29) is 32.7 Å². The second-order valence-electron chi connectivity index (χ2n) is 3.77. The average molecular weight is 308 g/mol. The Morgan fingerprint density at radius 1 is 1.20 bits per heavy atom. The maximum Gasteiger partial charge on any atom is 0.337 e. The summed E-state index contributed by atoms with van der Waals surface area (Å²) >= 11 is 11.7. The van der Waals surface area contributed by atoms with Crippen molar-refractivity contribution in [1.29, 1.82) is 5.26 Å². The first-order chi connectivity index (χ1) is 9.52. The van der Waals surface area contributed by atoms with Gasteiger partial charge in [0.05, 0.1) is 15.6 Å². The van der Waals surface area contributed by atoms with Crippen LogP contribution in [0.2, 0.25) is 10.0 Å². The highest BCUT2D eigenvalue weighted by atomic mass is 35.5. The molecule has 2 aromatic carbocycles. The molecule has 4 nitrogen and oxygen atoms in total. The highest BCUT2D eigenvalue weighted by Crippen LogP contribution is 2.31. The third-order valence-electron chi connectivity index (χ3n) is 2.48. The second kappa shape index (κ2) is 5.83. The number of nitrogens with zero attached hydrogens (tertiary/aromatic N) is 1. The van der Waals surface area contributed by atoms with Crippen molar-refractivity contribution >= 4 is 29.2 Å². The maximum atomic E-state index is 11.0. The van der Waals surface area contributed by atoms with Crippen LogP contribution in [-0.2, 0) is 0 Å². The molecule has 0 atom stereocenters. The van der Waals surface area contributed by atoms with Gasteiger partial charge in [-0.05, 0) is 30.3 Å². The van der Waals surface area contributed by atoms with Gasteiger partial charge in [0.25, 0.3) is 0 Å². The topological polar surface area (TPSA) is 70.3 Å². The summed E-state index contributed by atoms with van der Waals surface area (Å²) in [5, 5.41) is 18.4. The van der Waals surface area contributed by atoms with Crippen LogP contribution in [0.3, 0.4) is 0 Å². The van der Waals surface area contributed by atoms with Crippen LogP contribution in [0.25, 0.3) is 0 Å². The van der Waals surface area contributed by atoms with Crippen LogP contribution in [0.5, 0.6) is 11.5 Å². The monoisotopic (exact) mass is 307 g/mol. The zero-order valence-electron chi connectivity index (χ0n) is 9.93. The fraction of sp³-hybridized carbons (Fsp3) is 0. The molecular formula is C14H7Cl2NO3. The molecule has 0 spiro atoms. The van der Waals surface area contributed by atoms with Crippen molar-refractivity contribution in [3.63, 3.8) is 0 Å². The van der Waals surface area contributed by atoms with Gasteiger partial charge in [-0.2, -0.15) is 5.26 Å². The quantitative estimate of drug-likeness (QED) is 0.914. The highest BCUT2D eigenvalue weighted by Gasteiger charge is 2.12. The van der Waals surface area contributed by atoms with Gasteiger partial charge in [-0.3, -0.25) is 0 Å². The molecule has 0 radical (unpaired) electrons. The van der Waals surface area contributed by atoms with Gasteiger partial charge in [0.15, 0.2) is 0 Å². The van der Waals surface area contributed by atoms with E-state index in [0.29, 0.717) is 0 Å². The minimum atomic E-state index is -1.16. The third-order valence-corrected chi connectivity index (χ3v) is 3.13. The van der Waals surface area contributed by atoms with Crippen molar-refractivity contribution < 1.29 is 14.6 Å². The van der Waals surface area contributed by atoms with Crippen LogP contribution in [0.1, 0.15) is 15.9 Å². The van der Waals surface area contributed by atoms with Gasteiger partial charge in [0.1, 0.15) is 23.1 Å². The van der Waals surface area contributed by atoms with Gasteiger partial charge < -0.3 is 9.84 Å². The zero-order chi connectivity index (χ0) is 14.7. The lowest BCUT2D eigenvalue weighted by Crippen LogP contribution is -1.98. The lowest BCUT2D eigenvalue weighted by molar-refractivity contribution is 0.0696. The predicted octanol–water partition coefficient (Wildman–Crippen LogP) is 4.36. The summed E-state index contributed by atoms with van der Waals surface area (Å²) in [6.07, 6.45) is 0. The number of carboxylic acid groups (broad SMARTS) is 1. The zero-order valence-corrected chi connectivity index (χ0v) is 11.4. The molecule has 0 fully saturated rings.